The molecule has 0 amide bonds. The van der Waals surface area contributed by atoms with Crippen molar-refractivity contribution < 1.29 is 14.4 Å². The van der Waals surface area contributed by atoms with E-state index in [0.29, 0.717) is 0 Å². The molecule has 2 N–H and O–H groups in total. The van der Waals surface area contributed by atoms with E-state index in [1.807, 2.05) is 0 Å². The van der Waals surface area contributed by atoms with Crippen LogP contribution >= 0.6 is 7.75 Å². The topological polar surface area (TPSA) is 64.0 Å². The van der Waals surface area contributed by atoms with Crippen molar-refractivity contribution in [1.29, 1.82) is 0 Å². The van der Waals surface area contributed by atoms with Gasteiger partial charge in [0.1, 0.15) is 0 Å². The summed E-state index contributed by atoms with van der Waals surface area (Å²) >= 11 is 0. The molecule has 10 heavy (non-hydrogen) atoms. The Kier molecular flexibility index (Phi) is 1.72. The van der Waals surface area contributed by atoms with E-state index in [-0.39, 0.29) is 6.67 Å². The van der Waals surface area contributed by atoms with Crippen molar-refractivity contribution in [1.82, 2.24) is 9.57 Å². The summed E-state index contributed by atoms with van der Waals surface area (Å²) in [5.74, 6) is 0. The molecule has 1 rings (SSSR count). The molecule has 1 heterocycles. The van der Waals surface area contributed by atoms with Crippen molar-refractivity contribution in [2.24, 2.45) is 0 Å². The Morgan fingerprint density at radius 2 is 2.10 bits per heavy atom. The lowest BCUT2D eigenvalue weighted by Gasteiger charge is -2.18. The van der Waals surface area contributed by atoms with Crippen LogP contribution in [0.25, 0.3) is 0 Å². The molecule has 0 atom stereocenters. The van der Waals surface area contributed by atoms with Gasteiger partial charge in [-0.3, -0.25) is 4.67 Å². The first-order valence-corrected chi connectivity index (χ1v) is 4.28. The fourth-order valence-corrected chi connectivity index (χ4v) is 1.28. The van der Waals surface area contributed by atoms with Gasteiger partial charge in [-0.15, -0.1) is 0 Å². The summed E-state index contributed by atoms with van der Waals surface area (Å²) in [4.78, 5) is 18.9. The molecule has 0 radical (unpaired) electrons. The Labute approximate surface area is 58.8 Å². The van der Waals surface area contributed by atoms with Gasteiger partial charge >= 0.3 is 7.75 Å². The van der Waals surface area contributed by atoms with Crippen molar-refractivity contribution in [2.45, 2.75) is 0 Å². The van der Waals surface area contributed by atoms with Crippen LogP contribution in [0, 0.1) is 0 Å². The number of hydrogen-bond acceptors (Lipinski definition) is 2. The lowest BCUT2D eigenvalue weighted by Crippen LogP contribution is -2.19. The first kappa shape index (κ1) is 7.60. The van der Waals surface area contributed by atoms with Crippen LogP contribution < -0.4 is 0 Å². The van der Waals surface area contributed by atoms with Crippen LogP contribution in [-0.4, -0.2) is 33.1 Å². The van der Waals surface area contributed by atoms with Crippen molar-refractivity contribution in [3.8, 4) is 0 Å². The van der Waals surface area contributed by atoms with Crippen LogP contribution in [0.5, 0.6) is 0 Å². The summed E-state index contributed by atoms with van der Waals surface area (Å²) in [6.45, 7) is 0.254. The molecule has 1 aliphatic rings. The quantitative estimate of drug-likeness (QED) is 0.523. The van der Waals surface area contributed by atoms with Crippen molar-refractivity contribution in [3.63, 3.8) is 0 Å². The second-order valence-electron chi connectivity index (χ2n) is 2.15. The monoisotopic (exact) mass is 164 g/mol. The molecule has 0 saturated heterocycles. The lowest BCUT2D eigenvalue weighted by atomic mass is 10.9. The third kappa shape index (κ3) is 1.50. The average molecular weight is 164 g/mol. The Morgan fingerprint density at radius 3 is 2.30 bits per heavy atom. The van der Waals surface area contributed by atoms with Crippen LogP contribution in [0.3, 0.4) is 0 Å². The van der Waals surface area contributed by atoms with Crippen LogP contribution in [0.1, 0.15) is 0 Å². The summed E-state index contributed by atoms with van der Waals surface area (Å²) in [5, 5.41) is 0. The Hall–Kier alpha value is -0.510. The fraction of sp³-hybridized carbons (Fsp3) is 0.500. The van der Waals surface area contributed by atoms with Crippen molar-refractivity contribution >= 4 is 7.75 Å². The van der Waals surface area contributed by atoms with E-state index in [2.05, 4.69) is 0 Å². The molecular formula is C4H9N2O3P. The van der Waals surface area contributed by atoms with Gasteiger partial charge in [0.05, 0.1) is 6.67 Å². The van der Waals surface area contributed by atoms with Gasteiger partial charge in [-0.25, -0.2) is 4.57 Å². The van der Waals surface area contributed by atoms with Gasteiger partial charge in [-0.2, -0.15) is 0 Å². The lowest BCUT2D eigenvalue weighted by molar-refractivity contribution is 0.280. The van der Waals surface area contributed by atoms with E-state index in [0.717, 1.165) is 4.67 Å². The van der Waals surface area contributed by atoms with Gasteiger partial charge in [0.2, 0.25) is 0 Å². The molecule has 1 aliphatic heterocycles. The maximum atomic E-state index is 10.5. The fourth-order valence-electron chi connectivity index (χ4n) is 0.683. The highest BCUT2D eigenvalue weighted by molar-refractivity contribution is 7.49. The van der Waals surface area contributed by atoms with E-state index in [1.165, 1.54) is 6.20 Å². The first-order valence-electron chi connectivity index (χ1n) is 2.71. The molecule has 0 aromatic heterocycles. The highest BCUT2D eigenvalue weighted by Crippen LogP contribution is 2.41. The molecule has 0 spiro atoms. The molecule has 0 aliphatic carbocycles. The van der Waals surface area contributed by atoms with Crippen LogP contribution in [0.2, 0.25) is 0 Å². The summed E-state index contributed by atoms with van der Waals surface area (Å²) in [5.41, 5.74) is 0. The largest absolute Gasteiger partial charge is 0.431 e. The van der Waals surface area contributed by atoms with Crippen LogP contribution in [-0.2, 0) is 4.57 Å². The maximum absolute atomic E-state index is 10.5. The smallest absolute Gasteiger partial charge is 0.361 e. The van der Waals surface area contributed by atoms with Crippen molar-refractivity contribution in [2.75, 3.05) is 13.7 Å². The molecule has 0 bridgehead atoms. The molecule has 58 valence electrons. The minimum absolute atomic E-state index is 0.254. The summed E-state index contributed by atoms with van der Waals surface area (Å²) in [6, 6.07) is 0. The van der Waals surface area contributed by atoms with E-state index < -0.39 is 7.75 Å². The second-order valence-corrected chi connectivity index (χ2v) is 3.69. The van der Waals surface area contributed by atoms with Crippen LogP contribution in [0.15, 0.2) is 12.4 Å². The number of hydrogen-bond donors (Lipinski definition) is 2. The Balaban J connectivity index is 2.64. The number of rotatable bonds is 1. The third-order valence-electron chi connectivity index (χ3n) is 1.20. The van der Waals surface area contributed by atoms with Crippen LogP contribution in [0.4, 0.5) is 0 Å². The zero-order valence-corrected chi connectivity index (χ0v) is 6.40. The summed E-state index contributed by atoms with van der Waals surface area (Å²) < 4.78 is 11.5. The molecule has 0 aromatic rings. The highest BCUT2D eigenvalue weighted by Gasteiger charge is 2.25. The standard InChI is InChI=1S/C4H9N2O3P/c1-5-2-3-6(4-5)10(7,8)9/h2-3H,4H2,1H3,(H2,7,8,9). The molecular weight excluding hydrogens is 155 g/mol. The zero-order chi connectivity index (χ0) is 7.78. The Bertz CT molecular complexity index is 199. The molecule has 5 nitrogen and oxygen atoms in total. The maximum Gasteiger partial charge on any atom is 0.431 e. The molecule has 0 fully saturated rings. The predicted octanol–water partition coefficient (Wildman–Crippen LogP) is -0.245. The first-order chi connectivity index (χ1) is 4.50. The molecule has 6 heteroatoms. The number of nitrogens with zero attached hydrogens (tertiary/aromatic N) is 2. The summed E-state index contributed by atoms with van der Waals surface area (Å²) in [7, 11) is -2.30. The highest BCUT2D eigenvalue weighted by atomic mass is 31.2. The predicted molar refractivity (Wildman–Crippen MR) is 35.7 cm³/mol. The van der Waals surface area contributed by atoms with Gasteiger partial charge in [0.15, 0.2) is 0 Å². The van der Waals surface area contributed by atoms with Crippen molar-refractivity contribution in [3.05, 3.63) is 12.4 Å². The Morgan fingerprint density at radius 1 is 1.50 bits per heavy atom. The molecule has 0 unspecified atom stereocenters. The van der Waals surface area contributed by atoms with E-state index in [9.17, 15) is 4.57 Å². The second kappa shape index (κ2) is 2.27. The van der Waals surface area contributed by atoms with Gasteiger partial charge < -0.3 is 14.7 Å². The van der Waals surface area contributed by atoms with Gasteiger partial charge in [0.25, 0.3) is 0 Å². The minimum atomic E-state index is -4.05. The SMILES string of the molecule is CN1C=CN(P(=O)(O)O)C1. The van der Waals surface area contributed by atoms with E-state index >= 15 is 0 Å². The molecule has 0 saturated carbocycles. The van der Waals surface area contributed by atoms with Gasteiger partial charge in [-0.05, 0) is 0 Å². The summed E-state index contributed by atoms with van der Waals surface area (Å²) in [6.07, 6.45) is 2.99. The third-order valence-corrected chi connectivity index (χ3v) is 2.12. The normalized spacial score (nSPS) is 18.7. The van der Waals surface area contributed by atoms with Gasteiger partial charge in [-0.1, -0.05) is 0 Å². The average Bonchev–Trinajstić information content (AvgIpc) is 2.11. The van der Waals surface area contributed by atoms with E-state index in [1.54, 1.807) is 18.1 Å². The van der Waals surface area contributed by atoms with Gasteiger partial charge in [0, 0.05) is 19.4 Å². The minimum Gasteiger partial charge on any atom is -0.361 e. The van der Waals surface area contributed by atoms with E-state index in [4.69, 9.17) is 9.79 Å². The molecule has 0 aromatic carbocycles. The zero-order valence-electron chi connectivity index (χ0n) is 5.51.